The Labute approximate surface area is 147 Å². The number of rotatable bonds is 5. The molecule has 0 N–H and O–H groups in total. The molecule has 0 bridgehead atoms. The Kier molecular flexibility index (Phi) is 5.53. The fourth-order valence-electron chi connectivity index (χ4n) is 3.05. The van der Waals surface area contributed by atoms with Crippen LogP contribution >= 0.6 is 0 Å². The number of ether oxygens (including phenoxy) is 1. The van der Waals surface area contributed by atoms with Gasteiger partial charge in [-0.2, -0.15) is 0 Å². The van der Waals surface area contributed by atoms with E-state index in [9.17, 15) is 9.18 Å². The quantitative estimate of drug-likeness (QED) is 0.837. The number of amides is 1. The Morgan fingerprint density at radius 2 is 1.72 bits per heavy atom. The Bertz CT molecular complexity index is 710. The van der Waals surface area contributed by atoms with Crippen molar-refractivity contribution >= 4 is 11.6 Å². The molecule has 1 aliphatic heterocycles. The summed E-state index contributed by atoms with van der Waals surface area (Å²) < 4.78 is 19.2. The lowest BCUT2D eigenvalue weighted by molar-refractivity contribution is -0.130. The molecule has 1 amide bonds. The summed E-state index contributed by atoms with van der Waals surface area (Å²) in [6.07, 6.45) is 0.121. The van der Waals surface area contributed by atoms with Crippen molar-refractivity contribution in [2.75, 3.05) is 37.7 Å². The van der Waals surface area contributed by atoms with Crippen LogP contribution < -0.4 is 9.64 Å². The zero-order valence-corrected chi connectivity index (χ0v) is 14.5. The van der Waals surface area contributed by atoms with Crippen molar-refractivity contribution in [1.82, 2.24) is 4.90 Å². The van der Waals surface area contributed by atoms with E-state index in [1.807, 2.05) is 36.1 Å². The SMILES string of the molecule is CCOc1ccc(N2CCN(C(=O)Cc3ccccc3F)CC2)cc1. The number of halogens is 1. The van der Waals surface area contributed by atoms with Gasteiger partial charge in [-0.25, -0.2) is 4.39 Å². The molecule has 1 fully saturated rings. The van der Waals surface area contributed by atoms with Gasteiger partial charge in [0.05, 0.1) is 13.0 Å². The first-order valence-electron chi connectivity index (χ1n) is 8.66. The Morgan fingerprint density at radius 1 is 1.04 bits per heavy atom. The molecule has 132 valence electrons. The van der Waals surface area contributed by atoms with E-state index in [1.54, 1.807) is 18.2 Å². The second kappa shape index (κ2) is 8.01. The molecule has 1 saturated heterocycles. The standard InChI is InChI=1S/C20H23FN2O2/c1-2-25-18-9-7-17(8-10-18)22-11-13-23(14-12-22)20(24)15-16-5-3-4-6-19(16)21/h3-10H,2,11-15H2,1H3. The highest BCUT2D eigenvalue weighted by atomic mass is 19.1. The third-order valence-corrected chi connectivity index (χ3v) is 4.44. The average molecular weight is 342 g/mol. The van der Waals surface area contributed by atoms with Crippen LogP contribution in [0.15, 0.2) is 48.5 Å². The van der Waals surface area contributed by atoms with Crippen molar-refractivity contribution in [1.29, 1.82) is 0 Å². The van der Waals surface area contributed by atoms with Crippen molar-refractivity contribution in [2.24, 2.45) is 0 Å². The minimum atomic E-state index is -0.316. The van der Waals surface area contributed by atoms with E-state index in [-0.39, 0.29) is 18.1 Å². The van der Waals surface area contributed by atoms with Gasteiger partial charge in [-0.05, 0) is 42.8 Å². The van der Waals surface area contributed by atoms with Crippen LogP contribution in [0.3, 0.4) is 0 Å². The second-order valence-corrected chi connectivity index (χ2v) is 6.06. The number of carbonyl (C=O) groups is 1. The zero-order chi connectivity index (χ0) is 17.6. The highest BCUT2D eigenvalue weighted by Crippen LogP contribution is 2.21. The minimum Gasteiger partial charge on any atom is -0.494 e. The van der Waals surface area contributed by atoms with E-state index in [2.05, 4.69) is 4.90 Å². The number of anilines is 1. The van der Waals surface area contributed by atoms with Crippen LogP contribution in [-0.4, -0.2) is 43.6 Å². The van der Waals surface area contributed by atoms with Crippen LogP contribution in [0.2, 0.25) is 0 Å². The predicted octanol–water partition coefficient (Wildman–Crippen LogP) is 3.12. The Hall–Kier alpha value is -2.56. The molecule has 3 rings (SSSR count). The third-order valence-electron chi connectivity index (χ3n) is 4.44. The van der Waals surface area contributed by atoms with Gasteiger partial charge in [-0.15, -0.1) is 0 Å². The van der Waals surface area contributed by atoms with Crippen LogP contribution in [0, 0.1) is 5.82 Å². The highest BCUT2D eigenvalue weighted by Gasteiger charge is 2.22. The lowest BCUT2D eigenvalue weighted by Crippen LogP contribution is -2.49. The summed E-state index contributed by atoms with van der Waals surface area (Å²) in [5.74, 6) is 0.533. The van der Waals surface area contributed by atoms with E-state index in [1.165, 1.54) is 6.07 Å². The van der Waals surface area contributed by atoms with E-state index < -0.39 is 0 Å². The summed E-state index contributed by atoms with van der Waals surface area (Å²) in [4.78, 5) is 16.5. The molecule has 0 saturated carbocycles. The van der Waals surface area contributed by atoms with Crippen LogP contribution in [0.5, 0.6) is 5.75 Å². The fraction of sp³-hybridized carbons (Fsp3) is 0.350. The molecule has 0 unspecified atom stereocenters. The maximum atomic E-state index is 13.7. The molecule has 4 nitrogen and oxygen atoms in total. The normalized spacial score (nSPS) is 14.5. The van der Waals surface area contributed by atoms with Gasteiger partial charge in [-0.1, -0.05) is 18.2 Å². The van der Waals surface area contributed by atoms with Gasteiger partial charge in [-0.3, -0.25) is 4.79 Å². The maximum Gasteiger partial charge on any atom is 0.227 e. The van der Waals surface area contributed by atoms with Gasteiger partial charge in [0.15, 0.2) is 0 Å². The molecule has 0 atom stereocenters. The number of nitrogens with zero attached hydrogens (tertiary/aromatic N) is 2. The third kappa shape index (κ3) is 4.29. The summed E-state index contributed by atoms with van der Waals surface area (Å²) in [6.45, 7) is 5.47. The Morgan fingerprint density at radius 3 is 2.36 bits per heavy atom. The largest absolute Gasteiger partial charge is 0.494 e. The van der Waals surface area contributed by atoms with Gasteiger partial charge in [0.25, 0.3) is 0 Å². The van der Waals surface area contributed by atoms with E-state index in [4.69, 9.17) is 4.74 Å². The molecule has 2 aromatic carbocycles. The second-order valence-electron chi connectivity index (χ2n) is 6.06. The molecule has 1 aliphatic rings. The molecule has 1 heterocycles. The van der Waals surface area contributed by atoms with E-state index in [0.717, 1.165) is 24.5 Å². The number of benzene rings is 2. The highest BCUT2D eigenvalue weighted by molar-refractivity contribution is 5.79. The zero-order valence-electron chi connectivity index (χ0n) is 14.5. The number of hydrogen-bond acceptors (Lipinski definition) is 3. The van der Waals surface area contributed by atoms with Crippen molar-refractivity contribution < 1.29 is 13.9 Å². The molecule has 5 heteroatoms. The minimum absolute atomic E-state index is 0.0172. The van der Waals surface area contributed by atoms with Gasteiger partial charge >= 0.3 is 0 Å². The van der Waals surface area contributed by atoms with Gasteiger partial charge in [0.1, 0.15) is 11.6 Å². The molecular formula is C20H23FN2O2. The lowest BCUT2D eigenvalue weighted by Gasteiger charge is -2.36. The summed E-state index contributed by atoms with van der Waals surface area (Å²) >= 11 is 0. The van der Waals surface area contributed by atoms with Gasteiger partial charge in [0.2, 0.25) is 5.91 Å². The smallest absolute Gasteiger partial charge is 0.227 e. The first-order valence-corrected chi connectivity index (χ1v) is 8.66. The van der Waals surface area contributed by atoms with Crippen LogP contribution in [0.25, 0.3) is 0 Å². The molecule has 0 radical (unpaired) electrons. The van der Waals surface area contributed by atoms with E-state index in [0.29, 0.717) is 25.3 Å². The monoisotopic (exact) mass is 342 g/mol. The van der Waals surface area contributed by atoms with Crippen molar-refractivity contribution in [3.05, 3.63) is 59.9 Å². The number of piperazine rings is 1. The number of hydrogen-bond donors (Lipinski definition) is 0. The van der Waals surface area contributed by atoms with Crippen LogP contribution in [0.4, 0.5) is 10.1 Å². The summed E-state index contributed by atoms with van der Waals surface area (Å²) in [5.41, 5.74) is 1.59. The number of carbonyl (C=O) groups excluding carboxylic acids is 1. The van der Waals surface area contributed by atoms with Crippen molar-refractivity contribution in [2.45, 2.75) is 13.3 Å². The molecule has 2 aromatic rings. The summed E-state index contributed by atoms with van der Waals surface area (Å²) in [5, 5.41) is 0. The topological polar surface area (TPSA) is 32.8 Å². The maximum absolute atomic E-state index is 13.7. The molecule has 0 aliphatic carbocycles. The molecule has 0 aromatic heterocycles. The molecular weight excluding hydrogens is 319 g/mol. The molecule has 25 heavy (non-hydrogen) atoms. The summed E-state index contributed by atoms with van der Waals surface area (Å²) in [7, 11) is 0. The lowest BCUT2D eigenvalue weighted by atomic mass is 10.1. The molecule has 0 spiro atoms. The fourth-order valence-corrected chi connectivity index (χ4v) is 3.05. The Balaban J connectivity index is 1.54. The first-order chi connectivity index (χ1) is 12.2. The summed E-state index contributed by atoms with van der Waals surface area (Å²) in [6, 6.07) is 14.5. The van der Waals surface area contributed by atoms with Crippen molar-refractivity contribution in [3.63, 3.8) is 0 Å². The van der Waals surface area contributed by atoms with Crippen LogP contribution in [0.1, 0.15) is 12.5 Å². The van der Waals surface area contributed by atoms with Gasteiger partial charge in [0, 0.05) is 31.9 Å². The van der Waals surface area contributed by atoms with E-state index >= 15 is 0 Å². The predicted molar refractivity (Wildman–Crippen MR) is 96.5 cm³/mol. The van der Waals surface area contributed by atoms with Crippen molar-refractivity contribution in [3.8, 4) is 5.75 Å². The van der Waals surface area contributed by atoms with Crippen LogP contribution in [-0.2, 0) is 11.2 Å². The average Bonchev–Trinajstić information content (AvgIpc) is 2.65. The first kappa shape index (κ1) is 17.3. The van der Waals surface area contributed by atoms with Gasteiger partial charge < -0.3 is 14.5 Å².